The molecule has 0 heterocycles. The first-order valence-electron chi connectivity index (χ1n) is 11.0. The summed E-state index contributed by atoms with van der Waals surface area (Å²) in [4.78, 5) is 0. The van der Waals surface area contributed by atoms with E-state index in [2.05, 4.69) is 20.8 Å². The van der Waals surface area contributed by atoms with Gasteiger partial charge in [-0.3, -0.25) is 0 Å². The van der Waals surface area contributed by atoms with Gasteiger partial charge in [-0.1, -0.05) is 72.1 Å². The van der Waals surface area contributed by atoms with Crippen LogP contribution in [0.15, 0.2) is 0 Å². The van der Waals surface area contributed by atoms with Crippen molar-refractivity contribution in [2.75, 3.05) is 17.3 Å². The molecular formula is C20H43F6PS. The van der Waals surface area contributed by atoms with E-state index in [0.717, 1.165) is 10.9 Å². The van der Waals surface area contributed by atoms with E-state index in [-0.39, 0.29) is 0 Å². The Morgan fingerprint density at radius 2 is 0.643 bits per heavy atom. The van der Waals surface area contributed by atoms with Gasteiger partial charge in [-0.05, 0) is 49.4 Å². The molecule has 0 nitrogen and oxygen atoms in total. The van der Waals surface area contributed by atoms with Crippen LogP contribution in [0.4, 0.5) is 25.2 Å². The molecule has 0 amide bonds. The molecule has 0 aromatic carbocycles. The van der Waals surface area contributed by atoms with E-state index in [9.17, 15) is 25.2 Å². The summed E-state index contributed by atoms with van der Waals surface area (Å²) in [5, 5.41) is 0. The topological polar surface area (TPSA) is 0 Å². The van der Waals surface area contributed by atoms with Crippen molar-refractivity contribution in [3.8, 4) is 0 Å². The normalized spacial score (nSPS) is 14.4. The first kappa shape index (κ1) is 30.6. The van der Waals surface area contributed by atoms with Gasteiger partial charge < -0.3 is 0 Å². The Morgan fingerprint density at radius 3 is 0.964 bits per heavy atom. The number of unbranched alkanes of at least 4 members (excludes halogenated alkanes) is 11. The summed E-state index contributed by atoms with van der Waals surface area (Å²) in [6.45, 7) is 6.96. The quantitative estimate of drug-likeness (QED) is 0.0876. The second kappa shape index (κ2) is 15.2. The fourth-order valence-electron chi connectivity index (χ4n) is 2.86. The molecule has 176 valence electrons. The molecule has 0 aromatic rings. The van der Waals surface area contributed by atoms with Gasteiger partial charge in [0, 0.05) is 0 Å². The molecule has 0 aromatic heterocycles. The average molecular weight is 461 g/mol. The zero-order valence-electron chi connectivity index (χ0n) is 18.1. The molecule has 0 radical (unpaired) electrons. The van der Waals surface area contributed by atoms with Crippen LogP contribution >= 0.6 is 7.81 Å². The van der Waals surface area contributed by atoms with Crippen molar-refractivity contribution in [1.82, 2.24) is 0 Å². The number of rotatable bonds is 17. The summed E-state index contributed by atoms with van der Waals surface area (Å²) in [6.07, 6.45) is 20.4. The number of hydrogen-bond acceptors (Lipinski definition) is 0. The second-order valence-corrected chi connectivity index (χ2v) is 11.9. The van der Waals surface area contributed by atoms with E-state index < -0.39 is 7.81 Å². The summed E-state index contributed by atoms with van der Waals surface area (Å²) in [7, 11) is -9.90. The van der Waals surface area contributed by atoms with Crippen LogP contribution in [0.5, 0.6) is 0 Å². The van der Waals surface area contributed by atoms with Crippen molar-refractivity contribution in [3.05, 3.63) is 0 Å². The van der Waals surface area contributed by atoms with Gasteiger partial charge in [0.1, 0.15) is 17.3 Å². The molecule has 0 aliphatic carbocycles. The van der Waals surface area contributed by atoms with Gasteiger partial charge in [0.05, 0.1) is 0 Å². The molecule has 0 aliphatic rings. The summed E-state index contributed by atoms with van der Waals surface area (Å²) < 4.78 is 59.2. The van der Waals surface area contributed by atoms with Crippen LogP contribution in [-0.2, 0) is 10.9 Å². The molecule has 8 heteroatoms. The molecule has 0 spiro atoms. The first-order chi connectivity index (χ1) is 12.8. The van der Waals surface area contributed by atoms with Gasteiger partial charge in [0.25, 0.3) is 0 Å². The molecule has 28 heavy (non-hydrogen) atoms. The molecule has 0 fully saturated rings. The third kappa shape index (κ3) is 40.9. The van der Waals surface area contributed by atoms with Crippen LogP contribution in [0.25, 0.3) is 0 Å². The maximum atomic E-state index is 9.87. The molecule has 0 N–H and O–H groups in total. The molecule has 0 unspecified atom stereocenters. The Balaban J connectivity index is 0. The summed E-state index contributed by atoms with van der Waals surface area (Å²) in [6, 6.07) is 0. The van der Waals surface area contributed by atoms with Crippen LogP contribution in [0.1, 0.15) is 111 Å². The van der Waals surface area contributed by atoms with Crippen LogP contribution in [0.3, 0.4) is 0 Å². The van der Waals surface area contributed by atoms with E-state index in [0.29, 0.717) is 0 Å². The van der Waals surface area contributed by atoms with E-state index in [1.807, 2.05) is 0 Å². The van der Waals surface area contributed by atoms with E-state index in [4.69, 9.17) is 0 Å². The van der Waals surface area contributed by atoms with Crippen LogP contribution < -0.4 is 0 Å². The molecule has 0 atom stereocenters. The summed E-state index contributed by atoms with van der Waals surface area (Å²) in [5.41, 5.74) is 0. The molecule has 0 rings (SSSR count). The zero-order chi connectivity index (χ0) is 22.0. The Hall–Kier alpha value is 0.360. The standard InChI is InChI=1S/C20H43S.F6P/c1-4-7-10-11-12-13-14-17-20-21(18-15-8-5-2)19-16-9-6-3;1-7(2,3,4,5)6/h4-20H2,1-3H3;/q+1;-1. The molecule has 0 saturated carbocycles. The molecular weight excluding hydrogens is 417 g/mol. The van der Waals surface area contributed by atoms with Crippen LogP contribution in [-0.4, -0.2) is 17.3 Å². The Morgan fingerprint density at radius 1 is 0.429 bits per heavy atom. The third-order valence-electron chi connectivity index (χ3n) is 4.36. The molecule has 0 saturated heterocycles. The van der Waals surface area contributed by atoms with Gasteiger partial charge in [0.2, 0.25) is 0 Å². The SMILES string of the molecule is CCCCCCCCCC[S+](CCCCC)CCCCC.F[P-](F)(F)(F)(F)F. The van der Waals surface area contributed by atoms with Gasteiger partial charge in [-0.2, -0.15) is 0 Å². The van der Waals surface area contributed by atoms with Crippen LogP contribution in [0, 0.1) is 0 Å². The van der Waals surface area contributed by atoms with Crippen molar-refractivity contribution in [1.29, 1.82) is 0 Å². The Kier molecular flexibility index (Phi) is 16.6. The third-order valence-corrected chi connectivity index (χ3v) is 6.96. The predicted octanol–water partition coefficient (Wildman–Crippen LogP) is 10.5. The first-order valence-corrected chi connectivity index (χ1v) is 14.8. The maximum absolute atomic E-state index is 10.7. The van der Waals surface area contributed by atoms with Crippen molar-refractivity contribution >= 4 is 18.7 Å². The summed E-state index contributed by atoms with van der Waals surface area (Å²) in [5.74, 6) is 4.62. The van der Waals surface area contributed by atoms with Crippen molar-refractivity contribution in [2.45, 2.75) is 111 Å². The fourth-order valence-corrected chi connectivity index (χ4v) is 5.31. The Bertz CT molecular complexity index is 323. The average Bonchev–Trinajstić information content (AvgIpc) is 2.54. The minimum atomic E-state index is -10.7. The van der Waals surface area contributed by atoms with E-state index in [1.165, 1.54) is 101 Å². The van der Waals surface area contributed by atoms with Crippen molar-refractivity contribution in [3.63, 3.8) is 0 Å². The predicted molar refractivity (Wildman–Crippen MR) is 117 cm³/mol. The fraction of sp³-hybridized carbons (Fsp3) is 1.00. The van der Waals surface area contributed by atoms with Gasteiger partial charge in [0.15, 0.2) is 0 Å². The van der Waals surface area contributed by atoms with Gasteiger partial charge in [-0.25, -0.2) is 0 Å². The van der Waals surface area contributed by atoms with Gasteiger partial charge >= 0.3 is 33.0 Å². The zero-order valence-corrected chi connectivity index (χ0v) is 19.9. The molecule has 0 aliphatic heterocycles. The van der Waals surface area contributed by atoms with E-state index in [1.54, 1.807) is 5.75 Å². The second-order valence-electron chi connectivity index (χ2n) is 7.57. The molecule has 0 bridgehead atoms. The minimum absolute atomic E-state index is 0.762. The van der Waals surface area contributed by atoms with Gasteiger partial charge in [-0.15, -0.1) is 0 Å². The number of halogens is 6. The van der Waals surface area contributed by atoms with Crippen molar-refractivity contribution in [2.24, 2.45) is 0 Å². The van der Waals surface area contributed by atoms with Crippen molar-refractivity contribution < 1.29 is 25.2 Å². The Labute approximate surface area is 172 Å². The van der Waals surface area contributed by atoms with E-state index >= 15 is 0 Å². The van der Waals surface area contributed by atoms with Crippen LogP contribution in [0.2, 0.25) is 0 Å². The summed E-state index contributed by atoms with van der Waals surface area (Å²) >= 11 is 0. The monoisotopic (exact) mass is 460 g/mol. The number of hydrogen-bond donors (Lipinski definition) is 0.